The van der Waals surface area contributed by atoms with Gasteiger partial charge in [0.15, 0.2) is 0 Å². The summed E-state index contributed by atoms with van der Waals surface area (Å²) in [6, 6.07) is 95.8. The molecule has 0 aliphatic carbocycles. The first-order valence-electron chi connectivity index (χ1n) is 49.2. The minimum Gasteiger partial charge on any atom is -0.507 e. The summed E-state index contributed by atoms with van der Waals surface area (Å²) in [4.78, 5) is 29.5. The van der Waals surface area contributed by atoms with Gasteiger partial charge in [0.1, 0.15) is 40.2 Å². The van der Waals surface area contributed by atoms with Gasteiger partial charge in [-0.2, -0.15) is 0 Å². The molecule has 19 heteroatoms. The van der Waals surface area contributed by atoms with Gasteiger partial charge in [-0.3, -0.25) is 19.7 Å². The molecule has 18 aromatic rings. The number of nitrogens with zero attached hydrogens (tertiary/aromatic N) is 9. The van der Waals surface area contributed by atoms with Crippen LogP contribution in [0, 0.1) is 26.8 Å². The molecule has 7 heterocycles. The minimum atomic E-state index is -0.371. The van der Waals surface area contributed by atoms with Crippen molar-refractivity contribution in [3.8, 4) is 141 Å². The van der Waals surface area contributed by atoms with Crippen molar-refractivity contribution in [3.05, 3.63) is 346 Å². The number of phenols is 3. The van der Waals surface area contributed by atoms with Crippen molar-refractivity contribution in [1.82, 2.24) is 43.6 Å². The van der Waals surface area contributed by atoms with Gasteiger partial charge in [0.05, 0.1) is 66.9 Å². The number of aromatic hydroxyl groups is 3. The van der Waals surface area contributed by atoms with Gasteiger partial charge in [-0.05, 0) is 241 Å². The van der Waals surface area contributed by atoms with Crippen LogP contribution in [0.5, 0.6) is 17.2 Å². The Hall–Kier alpha value is -12.3. The molecule has 1 fully saturated rings. The Morgan fingerprint density at radius 1 is 0.317 bits per heavy atom. The first-order valence-corrected chi connectivity index (χ1v) is 50.0. The van der Waals surface area contributed by atoms with Crippen LogP contribution in [0.4, 0.5) is 4.70 Å². The largest absolute Gasteiger partial charge is 0.507 e. The number of hydrogen-bond donors (Lipinski definition) is 3. The number of aryl methyl sites for hydroxylation is 6. The Bertz CT molecular complexity index is 7490. The van der Waals surface area contributed by atoms with Crippen molar-refractivity contribution >= 4 is 85.6 Å². The molecule has 0 amide bonds. The van der Waals surface area contributed by atoms with Gasteiger partial charge in [0, 0.05) is 98.8 Å². The van der Waals surface area contributed by atoms with Crippen molar-refractivity contribution in [3.63, 3.8) is 0 Å². The van der Waals surface area contributed by atoms with E-state index in [9.17, 15) is 15.3 Å². The van der Waals surface area contributed by atoms with E-state index in [0.29, 0.717) is 17.2 Å². The Balaban J connectivity index is 0.000000165. The number of phenolic OH excluding ortho intramolecular Hbond substituents is 3. The fourth-order valence-electron chi connectivity index (χ4n) is 18.5. The van der Waals surface area contributed by atoms with Crippen LogP contribution in [-0.2, 0) is 84.0 Å². The van der Waals surface area contributed by atoms with E-state index in [0.717, 1.165) is 172 Å². The molecule has 1 aliphatic rings. The molecule has 0 unspecified atom stereocenters. The topological polar surface area (TPSA) is 171 Å². The average molecular weight is 2290 g/mol. The smallest absolute Gasteiger partial charge is 0.494 e. The molecule has 14 nitrogen and oxygen atoms in total. The zero-order valence-corrected chi connectivity index (χ0v) is 95.1. The van der Waals surface area contributed by atoms with Gasteiger partial charge in [-0.15, -0.1) is 53.8 Å². The van der Waals surface area contributed by atoms with E-state index in [2.05, 4.69) is 434 Å². The van der Waals surface area contributed by atoms with Gasteiger partial charge in [-0.1, -0.05) is 324 Å². The molecule has 0 spiro atoms. The Labute approximate surface area is 897 Å². The molecule has 6 aromatic heterocycles. The van der Waals surface area contributed by atoms with E-state index in [1.54, 1.807) is 0 Å². The first-order chi connectivity index (χ1) is 66.8. The summed E-state index contributed by atoms with van der Waals surface area (Å²) in [5.74, 6) is 3.18. The Morgan fingerprint density at radius 3 is 1.01 bits per heavy atom. The van der Waals surface area contributed by atoms with Crippen LogP contribution in [0.3, 0.4) is 0 Å². The second-order valence-electron chi connectivity index (χ2n) is 45.2. The van der Waals surface area contributed by atoms with Crippen LogP contribution >= 0.6 is 39.9 Å². The van der Waals surface area contributed by atoms with Crippen LogP contribution in [0.25, 0.3) is 157 Å². The molecular weight excluding hydrogens is 2150 g/mol. The second-order valence-corrected chi connectivity index (χ2v) is 46.1. The van der Waals surface area contributed by atoms with Crippen molar-refractivity contribution in [2.45, 2.75) is 217 Å². The summed E-state index contributed by atoms with van der Waals surface area (Å²) in [6.45, 7) is 53.7. The van der Waals surface area contributed by atoms with Crippen molar-refractivity contribution in [2.24, 2.45) is 21.1 Å². The Kier molecular flexibility index (Phi) is 32.3. The third kappa shape index (κ3) is 23.1. The summed E-state index contributed by atoms with van der Waals surface area (Å²) >= 11 is 3.59. The van der Waals surface area contributed by atoms with Crippen molar-refractivity contribution in [1.29, 1.82) is 0 Å². The maximum absolute atomic E-state index is 11.6. The van der Waals surface area contributed by atoms with E-state index in [-0.39, 0.29) is 101 Å². The number of pyridine rings is 3. The molecular formula is C126H136BBrFIN9O5Pt-. The first kappa shape index (κ1) is 110. The second kappa shape index (κ2) is 42.6. The van der Waals surface area contributed by atoms with E-state index < -0.39 is 0 Å². The normalized spacial score (nSPS) is 13.1. The zero-order chi connectivity index (χ0) is 102. The predicted molar refractivity (Wildman–Crippen MR) is 613 cm³/mol. The number of para-hydroxylation sites is 3. The van der Waals surface area contributed by atoms with E-state index in [4.69, 9.17) is 34.2 Å². The quantitative estimate of drug-likeness (QED) is 0.0604. The van der Waals surface area contributed by atoms with Gasteiger partial charge in [0.2, 0.25) is 0 Å². The van der Waals surface area contributed by atoms with E-state index >= 15 is 0 Å². The predicted octanol–water partition coefficient (Wildman–Crippen LogP) is 32.4. The summed E-state index contributed by atoms with van der Waals surface area (Å²) in [5, 5.41) is 34.4. The SMILES string of the molecule is Cc1cnc(-c2[c-]c(-c3cccc4c3nc(-c3cc(C(C)(C)C)cc(C(C)(C)C)c3O)n4C)ccc2)cc1-c1ccccc1.Cc1cnc(-c2cccc(-c3cccc4c3nc(-c3cc(C(C)(C)C)cc(C(C)(C)C)c3O)n4C)c2)cc1-c1ccccc1.Cc1cnc(-c2cccc(B3OC(C)(C)C(C)(C)O3)c2)cc1-c1ccccc1.Cn1c(-c2cc(C(C)(C)C)cc(C(C)(C)C)c2O)nc2c(Br)cccc21.F.I.[Pt]. The molecule has 0 saturated carbocycles. The summed E-state index contributed by atoms with van der Waals surface area (Å²) in [7, 11) is 5.68. The maximum atomic E-state index is 11.6. The van der Waals surface area contributed by atoms with Crippen LogP contribution in [0.2, 0.25) is 0 Å². The van der Waals surface area contributed by atoms with Gasteiger partial charge < -0.3 is 38.3 Å². The fraction of sp³-hybridized carbons (Fsp3) is 0.286. The molecule has 750 valence electrons. The van der Waals surface area contributed by atoms with E-state index in [1.165, 1.54) is 44.5 Å². The zero-order valence-electron chi connectivity index (χ0n) is 88.9. The van der Waals surface area contributed by atoms with Crippen LogP contribution < -0.4 is 5.46 Å². The molecule has 3 N–H and O–H groups in total. The molecule has 12 aromatic carbocycles. The molecule has 19 rings (SSSR count). The van der Waals surface area contributed by atoms with Crippen molar-refractivity contribution < 1.29 is 50.4 Å². The van der Waals surface area contributed by atoms with Gasteiger partial charge >= 0.3 is 7.12 Å². The number of fused-ring (bicyclic) bond motifs is 3. The maximum Gasteiger partial charge on any atom is 0.494 e. The molecule has 1 aliphatic heterocycles. The molecule has 145 heavy (non-hydrogen) atoms. The van der Waals surface area contributed by atoms with Crippen molar-refractivity contribution in [2.75, 3.05) is 0 Å². The van der Waals surface area contributed by atoms with Gasteiger partial charge in [0.25, 0.3) is 0 Å². The third-order valence-corrected chi connectivity index (χ3v) is 28.5. The van der Waals surface area contributed by atoms with Crippen LogP contribution in [-0.4, -0.2) is 77.2 Å². The monoisotopic (exact) mass is 2290 g/mol. The molecule has 0 bridgehead atoms. The Morgan fingerprint density at radius 2 is 0.628 bits per heavy atom. The summed E-state index contributed by atoms with van der Waals surface area (Å²) in [6.07, 6.45) is 5.84. The number of rotatable bonds is 12. The van der Waals surface area contributed by atoms with Crippen LogP contribution in [0.1, 0.15) is 202 Å². The fourth-order valence-corrected chi connectivity index (χ4v) is 18.9. The summed E-state index contributed by atoms with van der Waals surface area (Å²) in [5.41, 5.74) is 34.3. The number of aromatic nitrogens is 9. The molecule has 0 atom stereocenters. The number of benzene rings is 12. The molecule has 0 radical (unpaired) electrons. The minimum absolute atomic E-state index is 0. The number of halogens is 3. The standard InChI is InChI=1S/C40H41N3O.C40H40N3O.C24H26BNO2.C22H27BrN2O.FH.HI.Pt/c2*1-25-24-41-34(23-31(25)26-14-10-9-11-15-26)28-17-12-16-27(20-28)30-18-13-19-35-36(30)42-38(43(35)8)32-21-29(39(2,3)4)22-33(37(32)44)40(5,6)7;1-17-16-26-22(15-21(17)18-10-7-6-8-11-18)19-12-9-13-20(14-19)25-27-23(2,3)24(4,5)28-25;1-21(2,3)13-11-14(19(26)15(12-13)22(4,5)6)20-24-18-16(23)9-8-10-17(18)25(20)7;;;/h9-24,44H,1-8H3;9-19,21-24,44H,1-8H3;6-16H,1-5H3;8-12,26H,1-7H3;2*1H;/q;-1;;;;;. The number of imidazole rings is 3. The van der Waals surface area contributed by atoms with E-state index in [1.807, 2.05) is 86.8 Å². The number of hydrogen-bond acceptors (Lipinski definition) is 11. The average Bonchev–Trinajstić information content (AvgIpc) is 1.60. The van der Waals surface area contributed by atoms with Gasteiger partial charge in [-0.25, -0.2) is 15.0 Å². The molecule has 1 saturated heterocycles. The third-order valence-electron chi connectivity index (χ3n) is 27.9. The summed E-state index contributed by atoms with van der Waals surface area (Å²) < 4.78 is 19.6. The van der Waals surface area contributed by atoms with Crippen LogP contribution in [0.15, 0.2) is 290 Å².